The summed E-state index contributed by atoms with van der Waals surface area (Å²) in [4.78, 5) is 20.2. The smallest absolute Gasteiger partial charge is 0.260 e. The lowest BCUT2D eigenvalue weighted by Gasteiger charge is -2.22. The number of nitrogens with zero attached hydrogens (tertiary/aromatic N) is 3. The Kier molecular flexibility index (Phi) is 9.89. The van der Waals surface area contributed by atoms with Crippen molar-refractivity contribution in [3.8, 4) is 0 Å². The predicted molar refractivity (Wildman–Crippen MR) is 159 cm³/mol. The number of carbonyl (C=O) groups is 1. The molecule has 1 aromatic heterocycles. The van der Waals surface area contributed by atoms with Crippen molar-refractivity contribution in [1.29, 1.82) is 0 Å². The molecule has 0 N–H and O–H groups in total. The largest absolute Gasteiger partial charge is 0.383 e. The lowest BCUT2D eigenvalue weighted by Crippen LogP contribution is -2.36. The number of hydrogen-bond donors (Lipinski definition) is 0. The van der Waals surface area contributed by atoms with Gasteiger partial charge in [0.1, 0.15) is 0 Å². The van der Waals surface area contributed by atoms with Crippen molar-refractivity contribution in [3.05, 3.63) is 83.9 Å². The van der Waals surface area contributed by atoms with Gasteiger partial charge in [-0.15, -0.1) is 0 Å². The molecule has 0 aliphatic rings. The first kappa shape index (κ1) is 30.8. The van der Waals surface area contributed by atoms with Crippen LogP contribution in [0.3, 0.4) is 0 Å². The van der Waals surface area contributed by atoms with Crippen LogP contribution in [-0.2, 0) is 35.9 Å². The summed E-state index contributed by atoms with van der Waals surface area (Å²) in [6.45, 7) is 0.975. The summed E-state index contributed by atoms with van der Waals surface area (Å²) in [5, 5.41) is 0.390. The molecule has 0 fully saturated rings. The summed E-state index contributed by atoms with van der Waals surface area (Å²) in [6, 6.07) is 19.8. The molecule has 0 bridgehead atoms. The van der Waals surface area contributed by atoms with Gasteiger partial charge in [-0.25, -0.2) is 21.8 Å². The number of thiazole rings is 1. The summed E-state index contributed by atoms with van der Waals surface area (Å²) >= 11 is 1.21. The summed E-state index contributed by atoms with van der Waals surface area (Å²) in [7, 11) is -4.27. The first-order valence-corrected chi connectivity index (χ1v) is 16.7. The molecular formula is C28H31N3O7S3. The summed E-state index contributed by atoms with van der Waals surface area (Å²) in [5.41, 5.74) is 1.70. The quantitative estimate of drug-likeness (QED) is 0.222. The molecule has 0 radical (unpaired) electrons. The van der Waals surface area contributed by atoms with Crippen molar-refractivity contribution in [1.82, 2.24) is 9.29 Å². The molecule has 218 valence electrons. The van der Waals surface area contributed by atoms with Crippen molar-refractivity contribution >= 4 is 52.5 Å². The van der Waals surface area contributed by atoms with Crippen LogP contribution in [0.2, 0.25) is 0 Å². The third kappa shape index (κ3) is 7.36. The first-order chi connectivity index (χ1) is 19.5. The first-order valence-electron chi connectivity index (χ1n) is 12.6. The molecule has 0 saturated heterocycles. The van der Waals surface area contributed by atoms with E-state index < -0.39 is 19.9 Å². The standard InChI is InChI=1S/C28H31N3O7S3/c1-37-17-15-30(16-18-38-2)41(35,36)23-11-9-22(10-12-23)27(32)31(20-21-7-5-4-6-8-21)28-29-25-14-13-24(40(3,33)34)19-26(25)39-28/h4-14,19H,15-18,20H2,1-3H3. The lowest BCUT2D eigenvalue weighted by atomic mass is 10.1. The van der Waals surface area contributed by atoms with Crippen molar-refractivity contribution in [2.45, 2.75) is 16.3 Å². The van der Waals surface area contributed by atoms with E-state index in [4.69, 9.17) is 9.47 Å². The van der Waals surface area contributed by atoms with E-state index in [9.17, 15) is 21.6 Å². The maximum absolute atomic E-state index is 13.8. The number of sulfonamides is 1. The van der Waals surface area contributed by atoms with Crippen LogP contribution >= 0.6 is 11.3 Å². The van der Waals surface area contributed by atoms with E-state index in [0.29, 0.717) is 15.3 Å². The number of aromatic nitrogens is 1. The van der Waals surface area contributed by atoms with Crippen LogP contribution in [0.1, 0.15) is 15.9 Å². The monoisotopic (exact) mass is 617 g/mol. The number of rotatable bonds is 13. The highest BCUT2D eigenvalue weighted by Crippen LogP contribution is 2.32. The molecule has 4 rings (SSSR count). The van der Waals surface area contributed by atoms with Crippen molar-refractivity contribution < 1.29 is 31.1 Å². The van der Waals surface area contributed by atoms with Gasteiger partial charge in [-0.05, 0) is 48.0 Å². The van der Waals surface area contributed by atoms with E-state index >= 15 is 0 Å². The van der Waals surface area contributed by atoms with Crippen LogP contribution in [0.15, 0.2) is 82.6 Å². The van der Waals surface area contributed by atoms with E-state index in [0.717, 1.165) is 11.8 Å². The fourth-order valence-electron chi connectivity index (χ4n) is 4.04. The Labute approximate surface area is 244 Å². The highest BCUT2D eigenvalue weighted by Gasteiger charge is 2.26. The number of hydrogen-bond acceptors (Lipinski definition) is 9. The van der Waals surface area contributed by atoms with Crippen LogP contribution in [0.25, 0.3) is 10.2 Å². The Morgan fingerprint density at radius 2 is 1.46 bits per heavy atom. The van der Waals surface area contributed by atoms with E-state index in [1.54, 1.807) is 12.1 Å². The number of carbonyl (C=O) groups excluding carboxylic acids is 1. The number of sulfone groups is 1. The van der Waals surface area contributed by atoms with Crippen LogP contribution in [0.4, 0.5) is 5.13 Å². The normalized spacial score (nSPS) is 12.2. The number of ether oxygens (including phenoxy) is 2. The van der Waals surface area contributed by atoms with Gasteiger partial charge in [-0.3, -0.25) is 9.69 Å². The summed E-state index contributed by atoms with van der Waals surface area (Å²) in [6.07, 6.45) is 1.14. The molecule has 10 nitrogen and oxygen atoms in total. The minimum absolute atomic E-state index is 0.0455. The number of amides is 1. The Balaban J connectivity index is 1.68. The van der Waals surface area contributed by atoms with Crippen molar-refractivity contribution in [3.63, 3.8) is 0 Å². The molecule has 0 unspecified atom stereocenters. The molecule has 1 amide bonds. The zero-order valence-electron chi connectivity index (χ0n) is 22.9. The van der Waals surface area contributed by atoms with Crippen LogP contribution in [0.5, 0.6) is 0 Å². The molecule has 4 aromatic rings. The van der Waals surface area contributed by atoms with Gasteiger partial charge in [0.15, 0.2) is 15.0 Å². The second-order valence-corrected chi connectivity index (χ2v) is 14.2. The van der Waals surface area contributed by atoms with Gasteiger partial charge in [0, 0.05) is 39.1 Å². The molecule has 0 spiro atoms. The molecular weight excluding hydrogens is 587 g/mol. The average Bonchev–Trinajstić information content (AvgIpc) is 3.39. The van der Waals surface area contributed by atoms with Gasteiger partial charge < -0.3 is 9.47 Å². The SMILES string of the molecule is COCCN(CCOC)S(=O)(=O)c1ccc(C(=O)N(Cc2ccccc2)c2nc3ccc(S(C)(=O)=O)cc3s2)cc1. The van der Waals surface area contributed by atoms with Crippen LogP contribution < -0.4 is 4.90 Å². The lowest BCUT2D eigenvalue weighted by molar-refractivity contribution is 0.0985. The van der Waals surface area contributed by atoms with Crippen molar-refractivity contribution in [2.24, 2.45) is 0 Å². The van der Waals surface area contributed by atoms with Crippen LogP contribution in [-0.4, -0.2) is 78.8 Å². The second kappa shape index (κ2) is 13.2. The Morgan fingerprint density at radius 3 is 2.05 bits per heavy atom. The Morgan fingerprint density at radius 1 is 0.854 bits per heavy atom. The molecule has 13 heteroatoms. The molecule has 1 heterocycles. The number of methoxy groups -OCH3 is 2. The molecule has 0 saturated carbocycles. The minimum atomic E-state index is -3.85. The fraction of sp³-hybridized carbons (Fsp3) is 0.286. The van der Waals surface area contributed by atoms with E-state index in [-0.39, 0.29) is 54.1 Å². The van der Waals surface area contributed by atoms with Gasteiger partial charge in [-0.1, -0.05) is 41.7 Å². The molecule has 41 heavy (non-hydrogen) atoms. The summed E-state index contributed by atoms with van der Waals surface area (Å²) < 4.78 is 62.7. The van der Waals surface area contributed by atoms with Gasteiger partial charge in [0.25, 0.3) is 5.91 Å². The van der Waals surface area contributed by atoms with E-state index in [1.165, 1.54) is 65.1 Å². The highest BCUT2D eigenvalue weighted by atomic mass is 32.2. The van der Waals surface area contributed by atoms with Gasteiger partial charge in [-0.2, -0.15) is 4.31 Å². The second-order valence-electron chi connectivity index (χ2n) is 9.19. The van der Waals surface area contributed by atoms with E-state index in [2.05, 4.69) is 4.98 Å². The number of anilines is 1. The summed E-state index contributed by atoms with van der Waals surface area (Å²) in [5.74, 6) is -0.379. The van der Waals surface area contributed by atoms with Gasteiger partial charge >= 0.3 is 0 Å². The Bertz CT molecular complexity index is 1700. The molecule has 0 aliphatic carbocycles. The zero-order chi connectivity index (χ0) is 29.6. The number of benzene rings is 3. The van der Waals surface area contributed by atoms with Crippen LogP contribution in [0, 0.1) is 0 Å². The third-order valence-corrected chi connectivity index (χ3v) is 10.3. The maximum Gasteiger partial charge on any atom is 0.260 e. The fourth-order valence-corrected chi connectivity index (χ4v) is 7.18. The molecule has 3 aromatic carbocycles. The number of fused-ring (bicyclic) bond motifs is 1. The van der Waals surface area contributed by atoms with Crippen molar-refractivity contribution in [2.75, 3.05) is 51.7 Å². The van der Waals surface area contributed by atoms with E-state index in [1.807, 2.05) is 30.3 Å². The Hall–Kier alpha value is -3.20. The molecule has 0 atom stereocenters. The highest BCUT2D eigenvalue weighted by molar-refractivity contribution is 7.90. The van der Waals surface area contributed by atoms with Gasteiger partial charge in [0.2, 0.25) is 10.0 Å². The molecule has 0 aliphatic heterocycles. The maximum atomic E-state index is 13.8. The average molecular weight is 618 g/mol. The topological polar surface area (TPSA) is 123 Å². The predicted octanol–water partition coefficient (Wildman–Crippen LogP) is 3.83. The minimum Gasteiger partial charge on any atom is -0.383 e. The van der Waals surface area contributed by atoms with Gasteiger partial charge in [0.05, 0.1) is 39.8 Å². The zero-order valence-corrected chi connectivity index (χ0v) is 25.3. The third-order valence-electron chi connectivity index (χ3n) is 6.27.